The molecular formula is C21H22Cl2F2N5O2S+. The topological polar surface area (TPSA) is 86.4 Å². The zero-order valence-corrected chi connectivity index (χ0v) is 20.1. The Balaban J connectivity index is 1.90. The van der Waals surface area contributed by atoms with Gasteiger partial charge >= 0.3 is 0 Å². The van der Waals surface area contributed by atoms with Crippen LogP contribution < -0.4 is 20.3 Å². The number of hydrogen-bond donors (Lipinski definition) is 3. The van der Waals surface area contributed by atoms with E-state index in [0.29, 0.717) is 17.3 Å². The number of hydrogen-bond acceptors (Lipinski definition) is 6. The van der Waals surface area contributed by atoms with E-state index in [1.54, 1.807) is 18.2 Å². The Morgan fingerprint density at radius 1 is 1.12 bits per heavy atom. The van der Waals surface area contributed by atoms with Gasteiger partial charge in [-0.05, 0) is 31.3 Å². The predicted octanol–water partition coefficient (Wildman–Crippen LogP) is 3.91. The molecule has 0 aliphatic rings. The summed E-state index contributed by atoms with van der Waals surface area (Å²) in [5, 5.41) is 6.73. The van der Waals surface area contributed by atoms with Gasteiger partial charge in [0.2, 0.25) is 5.02 Å². The first-order chi connectivity index (χ1) is 15.6. The summed E-state index contributed by atoms with van der Waals surface area (Å²) >= 11 is 11.6. The van der Waals surface area contributed by atoms with Crippen LogP contribution in [0.25, 0.3) is 0 Å². The van der Waals surface area contributed by atoms with Crippen LogP contribution in [0.3, 0.4) is 0 Å². The molecule has 33 heavy (non-hydrogen) atoms. The molecule has 3 N–H and O–H groups in total. The van der Waals surface area contributed by atoms with Crippen molar-refractivity contribution >= 4 is 44.5 Å². The van der Waals surface area contributed by atoms with Crippen molar-refractivity contribution in [1.29, 1.82) is 0 Å². The molecule has 3 rings (SSSR count). The van der Waals surface area contributed by atoms with Gasteiger partial charge in [0, 0.05) is 38.3 Å². The first-order valence-electron chi connectivity index (χ1n) is 9.68. The van der Waals surface area contributed by atoms with Crippen LogP contribution in [-0.4, -0.2) is 40.6 Å². The van der Waals surface area contributed by atoms with E-state index in [1.165, 1.54) is 0 Å². The Kier molecular flexibility index (Phi) is 7.96. The van der Waals surface area contributed by atoms with E-state index < -0.39 is 26.6 Å². The molecule has 0 saturated carbocycles. The van der Waals surface area contributed by atoms with Gasteiger partial charge in [-0.2, -0.15) is 0 Å². The number of anilines is 4. The molecule has 3 aromatic rings. The third-order valence-electron chi connectivity index (χ3n) is 4.62. The average molecular weight is 517 g/mol. The molecule has 0 atom stereocenters. The molecule has 0 fully saturated rings. The van der Waals surface area contributed by atoms with Gasteiger partial charge < -0.3 is 15.5 Å². The Hall–Kier alpha value is -2.66. The summed E-state index contributed by atoms with van der Waals surface area (Å²) in [6.45, 7) is 1.42. The monoisotopic (exact) mass is 516 g/mol. The van der Waals surface area contributed by atoms with Crippen molar-refractivity contribution in [3.8, 4) is 0 Å². The average Bonchev–Trinajstić information content (AvgIpc) is 2.76. The minimum Gasteiger partial charge on any atom is -0.371 e. The SMILES string of the molecule is CNCCN(C)c1cc([ClH+])ccc1Nc1cc(F)c(S(=O)(=O)Nc2ccc(F)cn2)cc1Cl. The molecule has 176 valence electrons. The zero-order valence-electron chi connectivity index (χ0n) is 17.7. The Bertz CT molecular complexity index is 1240. The molecule has 0 saturated heterocycles. The third-order valence-corrected chi connectivity index (χ3v) is 6.56. The standard InChI is InChI=1S/C21H22Cl2F2N5O2S/c1-26-7-8-30(2)19-9-13(22)3-5-17(19)28-18-11-16(25)20(10-15(18)23)33(31,32)29-21-6-4-14(24)12-27-21/h3-6,9-12,22,26,28H,7-8H2,1-2H3,(H,27,29)/q+1. The molecule has 0 radical (unpaired) electrons. The van der Waals surface area contributed by atoms with Crippen molar-refractivity contribution in [3.05, 3.63) is 70.3 Å². The van der Waals surface area contributed by atoms with Crippen LogP contribution in [0, 0.1) is 23.2 Å². The fraction of sp³-hybridized carbons (Fsp3) is 0.190. The van der Waals surface area contributed by atoms with Crippen LogP contribution in [0.4, 0.5) is 31.7 Å². The van der Waals surface area contributed by atoms with Gasteiger partial charge in [0.25, 0.3) is 10.0 Å². The van der Waals surface area contributed by atoms with Crippen LogP contribution in [0.2, 0.25) is 10.0 Å². The fourth-order valence-electron chi connectivity index (χ4n) is 2.94. The highest BCUT2D eigenvalue weighted by Crippen LogP contribution is 2.35. The van der Waals surface area contributed by atoms with E-state index in [1.807, 2.05) is 19.0 Å². The van der Waals surface area contributed by atoms with Crippen molar-refractivity contribution in [2.45, 2.75) is 4.90 Å². The molecule has 1 heterocycles. The summed E-state index contributed by atoms with van der Waals surface area (Å²) in [6, 6.07) is 9.41. The van der Waals surface area contributed by atoms with Gasteiger partial charge in [-0.25, -0.2) is 22.2 Å². The first-order valence-corrected chi connectivity index (χ1v) is 11.9. The van der Waals surface area contributed by atoms with Gasteiger partial charge in [0.05, 0.1) is 28.3 Å². The lowest BCUT2D eigenvalue weighted by Crippen LogP contribution is -2.27. The normalized spacial score (nSPS) is 11.3. The maximum atomic E-state index is 14.9. The molecule has 1 aromatic heterocycles. The molecule has 0 unspecified atom stereocenters. The molecule has 0 aliphatic heterocycles. The van der Waals surface area contributed by atoms with Crippen molar-refractivity contribution in [2.24, 2.45) is 0 Å². The van der Waals surface area contributed by atoms with E-state index in [2.05, 4.69) is 20.3 Å². The maximum absolute atomic E-state index is 14.9. The lowest BCUT2D eigenvalue weighted by Gasteiger charge is -2.23. The van der Waals surface area contributed by atoms with E-state index >= 15 is 0 Å². The molecular weight excluding hydrogens is 495 g/mol. The number of rotatable bonds is 9. The molecule has 0 bridgehead atoms. The summed E-state index contributed by atoms with van der Waals surface area (Å²) in [5.41, 5.74) is 1.57. The number of nitrogens with one attached hydrogen (secondary N) is 3. The lowest BCUT2D eigenvalue weighted by molar-refractivity contribution is -0.288. The molecule has 12 heteroatoms. The van der Waals surface area contributed by atoms with Crippen LogP contribution in [0.1, 0.15) is 0 Å². The van der Waals surface area contributed by atoms with E-state index in [-0.39, 0.29) is 16.5 Å². The van der Waals surface area contributed by atoms with Crippen molar-refractivity contribution in [3.63, 3.8) is 0 Å². The predicted molar refractivity (Wildman–Crippen MR) is 124 cm³/mol. The van der Waals surface area contributed by atoms with Crippen LogP contribution in [0.15, 0.2) is 53.6 Å². The van der Waals surface area contributed by atoms with E-state index in [9.17, 15) is 17.2 Å². The number of nitrogens with zero attached hydrogens (tertiary/aromatic N) is 2. The fourth-order valence-corrected chi connectivity index (χ4v) is 4.49. The lowest BCUT2D eigenvalue weighted by atomic mass is 10.2. The van der Waals surface area contributed by atoms with Crippen molar-refractivity contribution in [1.82, 2.24) is 10.3 Å². The smallest absolute Gasteiger partial charge is 0.266 e. The largest absolute Gasteiger partial charge is 0.371 e. The Labute approximate surface area is 200 Å². The molecule has 7 nitrogen and oxygen atoms in total. The summed E-state index contributed by atoms with van der Waals surface area (Å²) in [7, 11) is -0.626. The van der Waals surface area contributed by atoms with Crippen LogP contribution in [0.5, 0.6) is 0 Å². The molecule has 0 spiro atoms. The maximum Gasteiger partial charge on any atom is 0.266 e. The summed E-state index contributed by atoms with van der Waals surface area (Å²) < 4.78 is 55.2. The second-order valence-corrected chi connectivity index (χ2v) is 9.59. The minimum atomic E-state index is -4.36. The van der Waals surface area contributed by atoms with Gasteiger partial charge in [-0.1, -0.05) is 11.6 Å². The van der Waals surface area contributed by atoms with E-state index in [0.717, 1.165) is 42.7 Å². The van der Waals surface area contributed by atoms with Crippen LogP contribution >= 0.6 is 11.6 Å². The van der Waals surface area contributed by atoms with Crippen LogP contribution in [-0.2, 0) is 10.0 Å². The number of sulfonamides is 1. The van der Waals surface area contributed by atoms with Gasteiger partial charge in [-0.3, -0.25) is 4.72 Å². The first kappa shape index (κ1) is 25.0. The number of pyridine rings is 1. The summed E-state index contributed by atoms with van der Waals surface area (Å²) in [4.78, 5) is 4.92. The number of benzene rings is 2. The zero-order chi connectivity index (χ0) is 24.2. The Morgan fingerprint density at radius 3 is 2.55 bits per heavy atom. The second kappa shape index (κ2) is 10.5. The van der Waals surface area contributed by atoms with Gasteiger partial charge in [0.1, 0.15) is 22.3 Å². The number of aromatic nitrogens is 1. The minimum absolute atomic E-state index is 0.0184. The molecule has 0 amide bonds. The Morgan fingerprint density at radius 2 is 1.88 bits per heavy atom. The van der Waals surface area contributed by atoms with Gasteiger partial charge in [-0.15, -0.1) is 0 Å². The third kappa shape index (κ3) is 6.23. The summed E-state index contributed by atoms with van der Waals surface area (Å²) in [6.07, 6.45) is 0.841. The molecule has 2 aromatic carbocycles. The molecule has 0 aliphatic carbocycles. The van der Waals surface area contributed by atoms with Gasteiger partial charge in [0.15, 0.2) is 11.6 Å². The highest BCUT2D eigenvalue weighted by molar-refractivity contribution is 7.92. The van der Waals surface area contributed by atoms with Crippen molar-refractivity contribution in [2.75, 3.05) is 42.1 Å². The number of halogens is 4. The quantitative estimate of drug-likeness (QED) is 0.399. The van der Waals surface area contributed by atoms with E-state index in [4.69, 9.17) is 23.2 Å². The van der Waals surface area contributed by atoms with Crippen molar-refractivity contribution < 1.29 is 28.8 Å². The highest BCUT2D eigenvalue weighted by atomic mass is 35.5. The second-order valence-electron chi connectivity index (χ2n) is 7.06. The highest BCUT2D eigenvalue weighted by Gasteiger charge is 2.23. The number of likely N-dealkylation sites (N-methyl/N-ethyl adjacent to an activating group) is 2. The summed E-state index contributed by atoms with van der Waals surface area (Å²) in [5.74, 6) is -1.82.